The average molecular weight is 324 g/mol. The summed E-state index contributed by atoms with van der Waals surface area (Å²) < 4.78 is 5.16. The van der Waals surface area contributed by atoms with Crippen LogP contribution in [-0.2, 0) is 6.54 Å². The zero-order valence-corrected chi connectivity index (χ0v) is 13.4. The zero-order chi connectivity index (χ0) is 16.5. The molecule has 5 nitrogen and oxygen atoms in total. The van der Waals surface area contributed by atoms with Crippen molar-refractivity contribution in [2.75, 3.05) is 0 Å². The molecule has 1 aromatic heterocycles. The number of oxazole rings is 1. The smallest absolute Gasteiger partial charge is 0.251 e. The molecule has 4 rings (SSSR count). The molecule has 2 N–H and O–H groups in total. The van der Waals surface area contributed by atoms with Gasteiger partial charge in [-0.1, -0.05) is 6.08 Å². The first-order valence-electron chi connectivity index (χ1n) is 8.44. The number of rotatable bonds is 5. The molecular formula is C19H20N2O3. The van der Waals surface area contributed by atoms with Crippen molar-refractivity contribution >= 4 is 11.5 Å². The first-order valence-corrected chi connectivity index (χ1v) is 8.44. The van der Waals surface area contributed by atoms with Gasteiger partial charge in [-0.15, -0.1) is 0 Å². The Hall–Kier alpha value is -2.56. The highest BCUT2D eigenvalue weighted by molar-refractivity contribution is 5.97. The van der Waals surface area contributed by atoms with Crippen molar-refractivity contribution < 1.29 is 14.3 Å². The SMILES string of the molecule is O=C(NCc1cnco1)c1cc(C2=CCCC2)c(O)cc1C1CC1. The Balaban J connectivity index is 1.63. The Morgan fingerprint density at radius 1 is 1.38 bits per heavy atom. The molecule has 1 aromatic carbocycles. The summed E-state index contributed by atoms with van der Waals surface area (Å²) in [4.78, 5) is 16.5. The summed E-state index contributed by atoms with van der Waals surface area (Å²) in [5.74, 6) is 1.16. The summed E-state index contributed by atoms with van der Waals surface area (Å²) in [6.45, 7) is 0.307. The molecule has 0 radical (unpaired) electrons. The molecule has 0 aliphatic heterocycles. The fraction of sp³-hybridized carbons (Fsp3) is 0.368. The Morgan fingerprint density at radius 3 is 2.92 bits per heavy atom. The second kappa shape index (κ2) is 6.15. The number of phenolic OH excluding ortho intramolecular Hbond substituents is 1. The molecule has 5 heteroatoms. The van der Waals surface area contributed by atoms with Crippen molar-refractivity contribution in [3.05, 3.63) is 53.2 Å². The van der Waals surface area contributed by atoms with Crippen LogP contribution in [-0.4, -0.2) is 16.0 Å². The highest BCUT2D eigenvalue weighted by atomic mass is 16.3. The summed E-state index contributed by atoms with van der Waals surface area (Å²) >= 11 is 0. The molecule has 1 amide bonds. The van der Waals surface area contributed by atoms with E-state index in [4.69, 9.17) is 4.42 Å². The number of aromatic hydroxyl groups is 1. The van der Waals surface area contributed by atoms with E-state index in [2.05, 4.69) is 16.4 Å². The van der Waals surface area contributed by atoms with Gasteiger partial charge in [0.2, 0.25) is 0 Å². The van der Waals surface area contributed by atoms with Crippen LogP contribution in [0.25, 0.3) is 5.57 Å². The minimum absolute atomic E-state index is 0.131. The van der Waals surface area contributed by atoms with Crippen LogP contribution in [0.1, 0.15) is 65.3 Å². The molecule has 24 heavy (non-hydrogen) atoms. The number of aromatic nitrogens is 1. The van der Waals surface area contributed by atoms with Crippen LogP contribution in [0.2, 0.25) is 0 Å². The second-order valence-corrected chi connectivity index (χ2v) is 6.50. The van der Waals surface area contributed by atoms with E-state index in [0.717, 1.165) is 48.8 Å². The topological polar surface area (TPSA) is 75.4 Å². The minimum atomic E-state index is -0.131. The number of carbonyl (C=O) groups excluding carboxylic acids is 1. The number of nitrogens with zero attached hydrogens (tertiary/aromatic N) is 1. The lowest BCUT2D eigenvalue weighted by atomic mass is 9.94. The van der Waals surface area contributed by atoms with Crippen LogP contribution in [0, 0.1) is 0 Å². The number of hydrogen-bond donors (Lipinski definition) is 2. The first-order chi connectivity index (χ1) is 11.7. The van der Waals surface area contributed by atoms with Gasteiger partial charge in [0.1, 0.15) is 11.5 Å². The van der Waals surface area contributed by atoms with Crippen LogP contribution in [0.15, 0.2) is 35.2 Å². The predicted molar refractivity (Wildman–Crippen MR) is 89.6 cm³/mol. The van der Waals surface area contributed by atoms with Gasteiger partial charge in [0, 0.05) is 11.1 Å². The molecule has 124 valence electrons. The maximum atomic E-state index is 12.7. The van der Waals surface area contributed by atoms with Gasteiger partial charge < -0.3 is 14.8 Å². The van der Waals surface area contributed by atoms with Crippen molar-refractivity contribution in [2.24, 2.45) is 0 Å². The molecule has 0 atom stereocenters. The van der Waals surface area contributed by atoms with Gasteiger partial charge >= 0.3 is 0 Å². The van der Waals surface area contributed by atoms with Gasteiger partial charge in [-0.3, -0.25) is 4.79 Å². The fourth-order valence-electron chi connectivity index (χ4n) is 3.30. The molecule has 2 aliphatic carbocycles. The Bertz CT molecular complexity index is 789. The Labute approximate surface area is 140 Å². The number of hydrogen-bond acceptors (Lipinski definition) is 4. The van der Waals surface area contributed by atoms with Crippen molar-refractivity contribution in [1.82, 2.24) is 10.3 Å². The van der Waals surface area contributed by atoms with Gasteiger partial charge in [0.05, 0.1) is 12.7 Å². The highest BCUT2D eigenvalue weighted by Gasteiger charge is 2.30. The van der Waals surface area contributed by atoms with Gasteiger partial charge in [-0.25, -0.2) is 4.98 Å². The second-order valence-electron chi connectivity index (χ2n) is 6.50. The van der Waals surface area contributed by atoms with Crippen molar-refractivity contribution in [1.29, 1.82) is 0 Å². The number of allylic oxidation sites excluding steroid dienone is 2. The van der Waals surface area contributed by atoms with E-state index in [1.54, 1.807) is 12.3 Å². The molecule has 0 unspecified atom stereocenters. The third-order valence-electron chi connectivity index (χ3n) is 4.72. The molecule has 1 heterocycles. The number of phenols is 1. The summed E-state index contributed by atoms with van der Waals surface area (Å²) in [6.07, 6.45) is 10.3. The van der Waals surface area contributed by atoms with Crippen molar-refractivity contribution in [2.45, 2.75) is 44.6 Å². The lowest BCUT2D eigenvalue weighted by Crippen LogP contribution is -2.24. The normalized spacial score (nSPS) is 16.9. The summed E-state index contributed by atoms with van der Waals surface area (Å²) in [6, 6.07) is 3.64. The lowest BCUT2D eigenvalue weighted by molar-refractivity contribution is 0.0947. The molecule has 0 saturated heterocycles. The molecule has 0 spiro atoms. The van der Waals surface area contributed by atoms with E-state index in [1.807, 2.05) is 6.07 Å². The number of carbonyl (C=O) groups is 1. The largest absolute Gasteiger partial charge is 0.507 e. The molecule has 0 bridgehead atoms. The van der Waals surface area contributed by atoms with Crippen molar-refractivity contribution in [3.8, 4) is 5.75 Å². The Morgan fingerprint density at radius 2 is 2.25 bits per heavy atom. The van der Waals surface area contributed by atoms with Crippen molar-refractivity contribution in [3.63, 3.8) is 0 Å². The standard InChI is InChI=1S/C19H20N2O3/c22-18-8-15(13-5-6-13)17(7-16(18)12-3-1-2-4-12)19(23)21-10-14-9-20-11-24-14/h3,7-9,11,13,22H,1-2,4-6,10H2,(H,21,23). The molecule has 1 saturated carbocycles. The summed E-state index contributed by atoms with van der Waals surface area (Å²) in [7, 11) is 0. The van der Waals surface area contributed by atoms with Gasteiger partial charge in [-0.05, 0) is 61.3 Å². The van der Waals surface area contributed by atoms with E-state index in [0.29, 0.717) is 23.8 Å². The molecule has 2 aromatic rings. The lowest BCUT2D eigenvalue weighted by Gasteiger charge is -2.14. The van der Waals surface area contributed by atoms with E-state index in [-0.39, 0.29) is 11.7 Å². The fourth-order valence-corrected chi connectivity index (χ4v) is 3.30. The van der Waals surface area contributed by atoms with Crippen LogP contribution in [0.4, 0.5) is 0 Å². The average Bonchev–Trinajstić information content (AvgIpc) is 3.07. The number of amides is 1. The van der Waals surface area contributed by atoms with E-state index in [9.17, 15) is 9.90 Å². The van der Waals surface area contributed by atoms with Crippen LogP contribution >= 0.6 is 0 Å². The molecular weight excluding hydrogens is 304 g/mol. The van der Waals surface area contributed by atoms with E-state index < -0.39 is 0 Å². The number of nitrogens with one attached hydrogen (secondary N) is 1. The third-order valence-corrected chi connectivity index (χ3v) is 4.72. The summed E-state index contributed by atoms with van der Waals surface area (Å²) in [5.41, 5.74) is 3.54. The number of benzene rings is 1. The van der Waals surface area contributed by atoms with E-state index >= 15 is 0 Å². The van der Waals surface area contributed by atoms with Crippen LogP contribution in [0.5, 0.6) is 5.75 Å². The Kier molecular flexibility index (Phi) is 3.84. The predicted octanol–water partition coefficient (Wildman–Crippen LogP) is 3.75. The minimum Gasteiger partial charge on any atom is -0.507 e. The van der Waals surface area contributed by atoms with Gasteiger partial charge in [0.15, 0.2) is 6.39 Å². The maximum Gasteiger partial charge on any atom is 0.251 e. The van der Waals surface area contributed by atoms with E-state index in [1.165, 1.54) is 6.39 Å². The van der Waals surface area contributed by atoms with Crippen LogP contribution < -0.4 is 5.32 Å². The summed E-state index contributed by atoms with van der Waals surface area (Å²) in [5, 5.41) is 13.3. The van der Waals surface area contributed by atoms with Gasteiger partial charge in [0.25, 0.3) is 5.91 Å². The maximum absolute atomic E-state index is 12.7. The molecule has 1 fully saturated rings. The first kappa shape index (κ1) is 15.0. The highest BCUT2D eigenvalue weighted by Crippen LogP contribution is 2.45. The third kappa shape index (κ3) is 2.94. The zero-order valence-electron chi connectivity index (χ0n) is 13.4. The molecule has 2 aliphatic rings. The quantitative estimate of drug-likeness (QED) is 0.878. The monoisotopic (exact) mass is 324 g/mol. The van der Waals surface area contributed by atoms with Gasteiger partial charge in [-0.2, -0.15) is 0 Å². The van der Waals surface area contributed by atoms with Crippen LogP contribution in [0.3, 0.4) is 0 Å².